The molecule has 1 fully saturated rings. The number of hydrogen-bond acceptors (Lipinski definition) is 5. The van der Waals surface area contributed by atoms with E-state index >= 15 is 0 Å². The molecule has 108 valence electrons. The summed E-state index contributed by atoms with van der Waals surface area (Å²) in [4.78, 5) is 12.1. The zero-order valence-electron chi connectivity index (χ0n) is 11.8. The van der Waals surface area contributed by atoms with Gasteiger partial charge in [-0.05, 0) is 24.7 Å². The molecule has 0 aromatic carbocycles. The van der Waals surface area contributed by atoms with Gasteiger partial charge in [0.05, 0.1) is 5.69 Å². The zero-order chi connectivity index (χ0) is 14.7. The molecule has 1 aromatic rings. The van der Waals surface area contributed by atoms with Crippen LogP contribution < -0.4 is 16.4 Å². The van der Waals surface area contributed by atoms with Crippen molar-refractivity contribution in [1.29, 1.82) is 5.26 Å². The lowest BCUT2D eigenvalue weighted by Crippen LogP contribution is -2.17. The van der Waals surface area contributed by atoms with Crippen LogP contribution in [-0.4, -0.2) is 19.5 Å². The highest BCUT2D eigenvalue weighted by atomic mass is 32.1. The molecule has 0 radical (unpaired) electrons. The number of nitrogens with zero attached hydrogens (tertiary/aromatic N) is 1. The minimum Gasteiger partial charge on any atom is -0.396 e. The highest BCUT2D eigenvalue weighted by Crippen LogP contribution is 2.36. The number of amides is 1. The molecule has 2 unspecified atom stereocenters. The normalized spacial score (nSPS) is 21.4. The number of nitrogen functional groups attached to an aromatic ring is 1. The van der Waals surface area contributed by atoms with Gasteiger partial charge < -0.3 is 16.4 Å². The Balaban J connectivity index is 2.11. The van der Waals surface area contributed by atoms with Gasteiger partial charge in [-0.2, -0.15) is 5.26 Å². The topological polar surface area (TPSA) is 90.9 Å². The molecule has 1 heterocycles. The molecule has 2 rings (SSSR count). The molecule has 0 bridgehead atoms. The van der Waals surface area contributed by atoms with Gasteiger partial charge in [-0.15, -0.1) is 11.3 Å². The van der Waals surface area contributed by atoms with Crippen LogP contribution in [0.25, 0.3) is 0 Å². The zero-order valence-corrected chi connectivity index (χ0v) is 12.6. The van der Waals surface area contributed by atoms with E-state index in [0.717, 1.165) is 12.5 Å². The van der Waals surface area contributed by atoms with Crippen LogP contribution in [0.4, 0.5) is 10.7 Å². The Kier molecular flexibility index (Phi) is 4.50. The average molecular weight is 292 g/mol. The summed E-state index contributed by atoms with van der Waals surface area (Å²) < 4.78 is 0. The van der Waals surface area contributed by atoms with Gasteiger partial charge in [0.2, 0.25) is 0 Å². The smallest absolute Gasteiger partial charge is 0.263 e. The Morgan fingerprint density at radius 3 is 2.85 bits per heavy atom. The molecule has 1 aliphatic carbocycles. The van der Waals surface area contributed by atoms with Gasteiger partial charge in [0.25, 0.3) is 5.91 Å². The van der Waals surface area contributed by atoms with Crippen molar-refractivity contribution in [3.63, 3.8) is 0 Å². The number of hydrogen-bond donors (Lipinski definition) is 3. The van der Waals surface area contributed by atoms with Crippen LogP contribution in [0.3, 0.4) is 0 Å². The van der Waals surface area contributed by atoms with Gasteiger partial charge in [-0.25, -0.2) is 0 Å². The molecule has 2 atom stereocenters. The first-order chi connectivity index (χ1) is 9.56. The number of nitrogens with one attached hydrogen (secondary N) is 2. The quantitative estimate of drug-likeness (QED) is 0.794. The number of carbonyl (C=O) groups is 1. The minimum atomic E-state index is -0.244. The standard InChI is InChI=1S/C14H20N4OS/c1-8-3-4-9(5-8)7-18-14-10(6-15)11(16)12(20-14)13(19)17-2/h8-9,18H,3-5,7,16H2,1-2H3,(H,17,19). The summed E-state index contributed by atoms with van der Waals surface area (Å²) >= 11 is 1.26. The molecule has 20 heavy (non-hydrogen) atoms. The van der Waals surface area contributed by atoms with E-state index in [1.54, 1.807) is 7.05 Å². The van der Waals surface area contributed by atoms with Crippen LogP contribution in [-0.2, 0) is 0 Å². The van der Waals surface area contributed by atoms with Crippen LogP contribution >= 0.6 is 11.3 Å². The largest absolute Gasteiger partial charge is 0.396 e. The lowest BCUT2D eigenvalue weighted by molar-refractivity contribution is 0.0968. The third-order valence-corrected chi connectivity index (χ3v) is 5.01. The third-order valence-electron chi connectivity index (χ3n) is 3.84. The summed E-state index contributed by atoms with van der Waals surface area (Å²) in [6.45, 7) is 3.11. The van der Waals surface area contributed by atoms with Gasteiger partial charge in [-0.1, -0.05) is 13.3 Å². The first-order valence-corrected chi connectivity index (χ1v) is 7.66. The van der Waals surface area contributed by atoms with Crippen molar-refractivity contribution >= 4 is 27.9 Å². The van der Waals surface area contributed by atoms with E-state index in [-0.39, 0.29) is 11.6 Å². The van der Waals surface area contributed by atoms with E-state index in [1.807, 2.05) is 0 Å². The van der Waals surface area contributed by atoms with Crippen LogP contribution in [0, 0.1) is 23.2 Å². The van der Waals surface area contributed by atoms with Gasteiger partial charge in [0, 0.05) is 13.6 Å². The number of nitrogens with two attached hydrogens (primary N) is 1. The second-order valence-electron chi connectivity index (χ2n) is 5.41. The van der Waals surface area contributed by atoms with Crippen molar-refractivity contribution in [2.45, 2.75) is 26.2 Å². The van der Waals surface area contributed by atoms with Crippen LogP contribution in [0.2, 0.25) is 0 Å². The van der Waals surface area contributed by atoms with Gasteiger partial charge in [-0.3, -0.25) is 4.79 Å². The third kappa shape index (κ3) is 2.88. The number of carbonyl (C=O) groups excluding carboxylic acids is 1. The Labute approximate surface area is 123 Å². The van der Waals surface area contributed by atoms with Crippen molar-refractivity contribution in [3.8, 4) is 6.07 Å². The summed E-state index contributed by atoms with van der Waals surface area (Å²) in [6, 6.07) is 2.09. The molecule has 0 aliphatic heterocycles. The Hall–Kier alpha value is -1.74. The molecular formula is C14H20N4OS. The first kappa shape index (κ1) is 14.7. The van der Waals surface area contributed by atoms with E-state index in [2.05, 4.69) is 23.6 Å². The summed E-state index contributed by atoms with van der Waals surface area (Å²) in [5.41, 5.74) is 6.55. The van der Waals surface area contributed by atoms with Gasteiger partial charge in [0.15, 0.2) is 0 Å². The molecular weight excluding hydrogens is 272 g/mol. The predicted octanol–water partition coefficient (Wildman–Crippen LogP) is 2.41. The minimum absolute atomic E-state index is 0.244. The fraction of sp³-hybridized carbons (Fsp3) is 0.571. The second kappa shape index (κ2) is 6.14. The number of anilines is 2. The van der Waals surface area contributed by atoms with E-state index in [9.17, 15) is 10.1 Å². The van der Waals surface area contributed by atoms with Crippen molar-refractivity contribution in [2.75, 3.05) is 24.6 Å². The number of thiophene rings is 1. The molecule has 0 spiro atoms. The summed E-state index contributed by atoms with van der Waals surface area (Å²) in [5.74, 6) is 1.18. The lowest BCUT2D eigenvalue weighted by Gasteiger charge is -2.11. The highest BCUT2D eigenvalue weighted by Gasteiger charge is 2.23. The molecule has 0 saturated heterocycles. The maximum atomic E-state index is 11.7. The van der Waals surface area contributed by atoms with Crippen molar-refractivity contribution < 1.29 is 4.79 Å². The Bertz CT molecular complexity index is 546. The lowest BCUT2D eigenvalue weighted by atomic mass is 10.1. The van der Waals surface area contributed by atoms with E-state index in [0.29, 0.717) is 21.4 Å². The van der Waals surface area contributed by atoms with E-state index in [4.69, 9.17) is 5.73 Å². The maximum absolute atomic E-state index is 11.7. The maximum Gasteiger partial charge on any atom is 0.263 e. The van der Waals surface area contributed by atoms with Crippen molar-refractivity contribution in [2.24, 2.45) is 11.8 Å². The monoisotopic (exact) mass is 292 g/mol. The van der Waals surface area contributed by atoms with Gasteiger partial charge >= 0.3 is 0 Å². The fourth-order valence-corrected chi connectivity index (χ4v) is 3.73. The summed E-state index contributed by atoms with van der Waals surface area (Å²) in [5, 5.41) is 15.8. The van der Waals surface area contributed by atoms with E-state index < -0.39 is 0 Å². The fourth-order valence-electron chi connectivity index (χ4n) is 2.71. The Morgan fingerprint density at radius 2 is 2.30 bits per heavy atom. The van der Waals surface area contributed by atoms with E-state index in [1.165, 1.54) is 30.6 Å². The summed E-state index contributed by atoms with van der Waals surface area (Å²) in [7, 11) is 1.56. The first-order valence-electron chi connectivity index (χ1n) is 6.85. The van der Waals surface area contributed by atoms with Crippen LogP contribution in [0.1, 0.15) is 41.4 Å². The van der Waals surface area contributed by atoms with Crippen molar-refractivity contribution in [3.05, 3.63) is 10.4 Å². The SMILES string of the molecule is CNC(=O)c1sc(NCC2CCC(C)C2)c(C#N)c1N. The molecule has 1 saturated carbocycles. The second-order valence-corrected chi connectivity index (χ2v) is 6.43. The van der Waals surface area contributed by atoms with Crippen LogP contribution in [0.15, 0.2) is 0 Å². The molecule has 1 amide bonds. The molecule has 1 aliphatic rings. The number of rotatable bonds is 4. The average Bonchev–Trinajstić information content (AvgIpc) is 2.99. The van der Waals surface area contributed by atoms with Crippen LogP contribution in [0.5, 0.6) is 0 Å². The number of nitriles is 1. The molecule has 1 aromatic heterocycles. The summed E-state index contributed by atoms with van der Waals surface area (Å²) in [6.07, 6.45) is 3.71. The predicted molar refractivity (Wildman–Crippen MR) is 81.8 cm³/mol. The highest BCUT2D eigenvalue weighted by molar-refractivity contribution is 7.18. The molecule has 6 heteroatoms. The van der Waals surface area contributed by atoms with Gasteiger partial charge in [0.1, 0.15) is 21.5 Å². The Morgan fingerprint density at radius 1 is 1.55 bits per heavy atom. The molecule has 5 nitrogen and oxygen atoms in total. The van der Waals surface area contributed by atoms with Crippen molar-refractivity contribution in [1.82, 2.24) is 5.32 Å². The molecule has 4 N–H and O–H groups in total.